The first kappa shape index (κ1) is 14.1. The highest BCUT2D eigenvalue weighted by Gasteiger charge is 2.07. The molecule has 1 aromatic carbocycles. The van der Waals surface area contributed by atoms with Gasteiger partial charge in [-0.1, -0.05) is 0 Å². The van der Waals surface area contributed by atoms with E-state index in [1.807, 2.05) is 11.9 Å². The Balaban J connectivity index is 2.21. The van der Waals surface area contributed by atoms with Crippen molar-refractivity contribution in [3.05, 3.63) is 36.7 Å². The minimum Gasteiger partial charge on any atom is -0.384 e. The first-order chi connectivity index (χ1) is 9.65. The second kappa shape index (κ2) is 6.23. The SMILES string of the molecule is CCN(CC)c1ccc(N(C)c2cc(N)ncn2)cc1. The van der Waals surface area contributed by atoms with Crippen LogP contribution in [0, 0.1) is 0 Å². The zero-order valence-corrected chi connectivity index (χ0v) is 12.2. The molecule has 0 radical (unpaired) electrons. The van der Waals surface area contributed by atoms with Crippen molar-refractivity contribution in [2.24, 2.45) is 0 Å². The Hall–Kier alpha value is -2.30. The van der Waals surface area contributed by atoms with Crippen LogP contribution in [0.2, 0.25) is 0 Å². The van der Waals surface area contributed by atoms with Crippen molar-refractivity contribution in [1.29, 1.82) is 0 Å². The first-order valence-electron chi connectivity index (χ1n) is 6.82. The molecule has 0 aliphatic rings. The molecule has 20 heavy (non-hydrogen) atoms. The van der Waals surface area contributed by atoms with E-state index in [9.17, 15) is 0 Å². The summed E-state index contributed by atoms with van der Waals surface area (Å²) in [5.41, 5.74) is 7.99. The Bertz CT molecular complexity index is 548. The van der Waals surface area contributed by atoms with E-state index in [1.165, 1.54) is 12.0 Å². The Labute approximate surface area is 120 Å². The van der Waals surface area contributed by atoms with Crippen molar-refractivity contribution in [3.63, 3.8) is 0 Å². The van der Waals surface area contributed by atoms with E-state index in [0.717, 1.165) is 24.6 Å². The van der Waals surface area contributed by atoms with Gasteiger partial charge in [0.15, 0.2) is 0 Å². The minimum absolute atomic E-state index is 0.474. The lowest BCUT2D eigenvalue weighted by molar-refractivity contribution is 0.866. The minimum atomic E-state index is 0.474. The fourth-order valence-electron chi connectivity index (χ4n) is 2.15. The molecule has 0 unspecified atom stereocenters. The number of benzene rings is 1. The molecule has 0 saturated heterocycles. The van der Waals surface area contributed by atoms with Gasteiger partial charge >= 0.3 is 0 Å². The highest BCUT2D eigenvalue weighted by molar-refractivity contribution is 5.64. The normalized spacial score (nSPS) is 10.3. The summed E-state index contributed by atoms with van der Waals surface area (Å²) < 4.78 is 0. The first-order valence-corrected chi connectivity index (χ1v) is 6.82. The maximum Gasteiger partial charge on any atom is 0.138 e. The summed E-state index contributed by atoms with van der Waals surface area (Å²) in [4.78, 5) is 12.4. The van der Waals surface area contributed by atoms with Crippen LogP contribution < -0.4 is 15.5 Å². The average Bonchev–Trinajstić information content (AvgIpc) is 2.48. The third-order valence-electron chi connectivity index (χ3n) is 3.38. The van der Waals surface area contributed by atoms with Gasteiger partial charge in [0.25, 0.3) is 0 Å². The molecule has 0 bridgehead atoms. The van der Waals surface area contributed by atoms with Crippen molar-refractivity contribution < 1.29 is 0 Å². The molecular weight excluding hydrogens is 250 g/mol. The standard InChI is InChI=1S/C15H21N5/c1-4-20(5-2)13-8-6-12(7-9-13)19(3)15-10-14(16)17-11-18-15/h6-11H,4-5H2,1-3H3,(H2,16,17,18). The highest BCUT2D eigenvalue weighted by atomic mass is 15.2. The van der Waals surface area contributed by atoms with Crippen LogP contribution in [0.5, 0.6) is 0 Å². The number of nitrogen functional groups attached to an aromatic ring is 1. The summed E-state index contributed by atoms with van der Waals surface area (Å²) >= 11 is 0. The predicted octanol–water partition coefficient (Wildman–Crippen LogP) is 2.67. The lowest BCUT2D eigenvalue weighted by Gasteiger charge is -2.23. The van der Waals surface area contributed by atoms with Crippen molar-refractivity contribution in [2.75, 3.05) is 35.7 Å². The number of aromatic nitrogens is 2. The number of nitrogens with two attached hydrogens (primary N) is 1. The third kappa shape index (κ3) is 2.99. The van der Waals surface area contributed by atoms with E-state index < -0.39 is 0 Å². The van der Waals surface area contributed by atoms with Crippen LogP contribution in [-0.2, 0) is 0 Å². The predicted molar refractivity (Wildman–Crippen MR) is 84.5 cm³/mol. The maximum absolute atomic E-state index is 5.69. The Morgan fingerprint density at radius 1 is 1.00 bits per heavy atom. The zero-order valence-electron chi connectivity index (χ0n) is 12.2. The van der Waals surface area contributed by atoms with Crippen LogP contribution in [-0.4, -0.2) is 30.1 Å². The van der Waals surface area contributed by atoms with Crippen LogP contribution >= 0.6 is 0 Å². The molecule has 2 N–H and O–H groups in total. The van der Waals surface area contributed by atoms with Crippen molar-refractivity contribution in [1.82, 2.24) is 9.97 Å². The lowest BCUT2D eigenvalue weighted by Crippen LogP contribution is -2.21. The summed E-state index contributed by atoms with van der Waals surface area (Å²) in [6.45, 7) is 6.34. The van der Waals surface area contributed by atoms with E-state index in [4.69, 9.17) is 5.73 Å². The molecule has 2 rings (SSSR count). The van der Waals surface area contributed by atoms with E-state index in [2.05, 4.69) is 53.0 Å². The van der Waals surface area contributed by atoms with Gasteiger partial charge in [-0.3, -0.25) is 0 Å². The smallest absolute Gasteiger partial charge is 0.138 e. The highest BCUT2D eigenvalue weighted by Crippen LogP contribution is 2.25. The van der Waals surface area contributed by atoms with Crippen LogP contribution in [0.4, 0.5) is 23.0 Å². The quantitative estimate of drug-likeness (QED) is 0.906. The average molecular weight is 271 g/mol. The van der Waals surface area contributed by atoms with Gasteiger partial charge in [0.1, 0.15) is 18.0 Å². The van der Waals surface area contributed by atoms with Crippen LogP contribution in [0.25, 0.3) is 0 Å². The van der Waals surface area contributed by atoms with E-state index in [1.54, 1.807) is 6.07 Å². The van der Waals surface area contributed by atoms with E-state index >= 15 is 0 Å². The summed E-state index contributed by atoms with van der Waals surface area (Å²) in [5, 5.41) is 0. The third-order valence-corrected chi connectivity index (χ3v) is 3.38. The van der Waals surface area contributed by atoms with Crippen LogP contribution in [0.15, 0.2) is 36.7 Å². The Kier molecular flexibility index (Phi) is 4.40. The molecule has 1 aromatic heterocycles. The second-order valence-electron chi connectivity index (χ2n) is 4.55. The Morgan fingerprint density at radius 2 is 1.60 bits per heavy atom. The second-order valence-corrected chi connectivity index (χ2v) is 4.55. The summed E-state index contributed by atoms with van der Waals surface area (Å²) in [7, 11) is 1.97. The Morgan fingerprint density at radius 3 is 2.15 bits per heavy atom. The van der Waals surface area contributed by atoms with Crippen LogP contribution in [0.1, 0.15) is 13.8 Å². The summed E-state index contributed by atoms with van der Waals surface area (Å²) in [5.74, 6) is 1.26. The van der Waals surface area contributed by atoms with Crippen molar-refractivity contribution >= 4 is 23.0 Å². The number of hydrogen-bond acceptors (Lipinski definition) is 5. The monoisotopic (exact) mass is 271 g/mol. The van der Waals surface area contributed by atoms with Gasteiger partial charge < -0.3 is 15.5 Å². The molecule has 2 aromatic rings. The molecule has 5 heteroatoms. The molecule has 0 aliphatic carbocycles. The molecule has 0 fully saturated rings. The van der Waals surface area contributed by atoms with E-state index in [-0.39, 0.29) is 0 Å². The summed E-state index contributed by atoms with van der Waals surface area (Å²) in [6, 6.07) is 10.2. The molecule has 0 aliphatic heterocycles. The molecule has 0 spiro atoms. The van der Waals surface area contributed by atoms with Gasteiger partial charge in [0.2, 0.25) is 0 Å². The number of hydrogen-bond donors (Lipinski definition) is 1. The fourth-order valence-corrected chi connectivity index (χ4v) is 2.15. The zero-order chi connectivity index (χ0) is 14.5. The molecule has 0 saturated carbocycles. The topological polar surface area (TPSA) is 58.3 Å². The molecule has 106 valence electrons. The van der Waals surface area contributed by atoms with Crippen molar-refractivity contribution in [3.8, 4) is 0 Å². The van der Waals surface area contributed by atoms with Gasteiger partial charge in [-0.05, 0) is 38.1 Å². The maximum atomic E-state index is 5.69. The van der Waals surface area contributed by atoms with E-state index in [0.29, 0.717) is 5.82 Å². The molecular formula is C15H21N5. The van der Waals surface area contributed by atoms with Crippen LogP contribution in [0.3, 0.4) is 0 Å². The number of anilines is 4. The number of rotatable bonds is 5. The number of nitrogens with zero attached hydrogens (tertiary/aromatic N) is 4. The molecule has 0 amide bonds. The van der Waals surface area contributed by atoms with Gasteiger partial charge in [0.05, 0.1) is 0 Å². The van der Waals surface area contributed by atoms with Gasteiger partial charge in [-0.2, -0.15) is 0 Å². The van der Waals surface area contributed by atoms with Crippen molar-refractivity contribution in [2.45, 2.75) is 13.8 Å². The van der Waals surface area contributed by atoms with Gasteiger partial charge in [-0.15, -0.1) is 0 Å². The fraction of sp³-hybridized carbons (Fsp3) is 0.333. The molecule has 0 atom stereocenters. The molecule has 5 nitrogen and oxygen atoms in total. The lowest BCUT2D eigenvalue weighted by atomic mass is 10.2. The molecule has 1 heterocycles. The largest absolute Gasteiger partial charge is 0.384 e. The summed E-state index contributed by atoms with van der Waals surface area (Å²) in [6.07, 6.45) is 1.48. The van der Waals surface area contributed by atoms with Gasteiger partial charge in [-0.25, -0.2) is 9.97 Å². The van der Waals surface area contributed by atoms with Gasteiger partial charge in [0, 0.05) is 37.6 Å².